The fourth-order valence-corrected chi connectivity index (χ4v) is 5.60. The summed E-state index contributed by atoms with van der Waals surface area (Å²) in [6, 6.07) is 14.0. The second-order valence-electron chi connectivity index (χ2n) is 7.31. The maximum atomic E-state index is 13.2. The first-order chi connectivity index (χ1) is 14.6. The molecule has 0 saturated carbocycles. The first kappa shape index (κ1) is 21.6. The molecule has 1 aromatic heterocycles. The van der Waals surface area contributed by atoms with Crippen molar-refractivity contribution in [2.24, 2.45) is 0 Å². The summed E-state index contributed by atoms with van der Waals surface area (Å²) in [5.74, 6) is 0.817. The van der Waals surface area contributed by atoms with Gasteiger partial charge in [0.25, 0.3) is 0 Å². The molecule has 1 fully saturated rings. The SMILES string of the molecule is CCc1cccc2sc(N(CC3CCCO3)C(=O)CCSc3ccc(Cl)cc3)nc12. The molecule has 1 unspecified atom stereocenters. The molecule has 0 aliphatic carbocycles. The second kappa shape index (κ2) is 10.1. The molecule has 1 amide bonds. The Morgan fingerprint density at radius 1 is 1.30 bits per heavy atom. The van der Waals surface area contributed by atoms with Crippen LogP contribution in [-0.2, 0) is 16.0 Å². The summed E-state index contributed by atoms with van der Waals surface area (Å²) >= 11 is 9.22. The van der Waals surface area contributed by atoms with E-state index >= 15 is 0 Å². The summed E-state index contributed by atoms with van der Waals surface area (Å²) in [6.45, 7) is 3.49. The topological polar surface area (TPSA) is 42.4 Å². The molecule has 30 heavy (non-hydrogen) atoms. The molecule has 0 spiro atoms. The van der Waals surface area contributed by atoms with Gasteiger partial charge >= 0.3 is 0 Å². The van der Waals surface area contributed by atoms with E-state index in [1.165, 1.54) is 5.56 Å². The van der Waals surface area contributed by atoms with E-state index in [-0.39, 0.29) is 12.0 Å². The van der Waals surface area contributed by atoms with Crippen molar-refractivity contribution in [3.8, 4) is 0 Å². The number of fused-ring (bicyclic) bond motifs is 1. The van der Waals surface area contributed by atoms with Crippen molar-refractivity contribution in [1.82, 2.24) is 4.98 Å². The normalized spacial score (nSPS) is 16.3. The van der Waals surface area contributed by atoms with Crippen LogP contribution in [0.15, 0.2) is 47.4 Å². The van der Waals surface area contributed by atoms with Crippen LogP contribution in [0.1, 0.15) is 31.7 Å². The maximum absolute atomic E-state index is 13.2. The third kappa shape index (κ3) is 5.17. The number of hydrogen-bond donors (Lipinski definition) is 0. The highest BCUT2D eigenvalue weighted by molar-refractivity contribution is 7.99. The molecule has 0 N–H and O–H groups in total. The van der Waals surface area contributed by atoms with E-state index in [2.05, 4.69) is 25.1 Å². The zero-order valence-corrected chi connectivity index (χ0v) is 19.4. The Balaban J connectivity index is 1.50. The number of nitrogens with zero attached hydrogens (tertiary/aromatic N) is 2. The number of thioether (sulfide) groups is 1. The van der Waals surface area contributed by atoms with Crippen molar-refractivity contribution in [1.29, 1.82) is 0 Å². The fraction of sp³-hybridized carbons (Fsp3) is 0.391. The zero-order chi connectivity index (χ0) is 20.9. The van der Waals surface area contributed by atoms with E-state index in [4.69, 9.17) is 21.3 Å². The number of aromatic nitrogens is 1. The van der Waals surface area contributed by atoms with Crippen LogP contribution in [0.25, 0.3) is 10.2 Å². The van der Waals surface area contributed by atoms with Gasteiger partial charge in [0.1, 0.15) is 0 Å². The molecule has 4 nitrogen and oxygen atoms in total. The van der Waals surface area contributed by atoms with Gasteiger partial charge < -0.3 is 4.74 Å². The Morgan fingerprint density at radius 2 is 2.13 bits per heavy atom. The van der Waals surface area contributed by atoms with Crippen molar-refractivity contribution < 1.29 is 9.53 Å². The van der Waals surface area contributed by atoms with Crippen molar-refractivity contribution in [2.75, 3.05) is 23.8 Å². The third-order valence-electron chi connectivity index (χ3n) is 5.21. The molecular formula is C23H25ClN2O2S2. The van der Waals surface area contributed by atoms with Crippen LogP contribution in [0.5, 0.6) is 0 Å². The average Bonchev–Trinajstić information content (AvgIpc) is 3.42. The smallest absolute Gasteiger partial charge is 0.229 e. The summed E-state index contributed by atoms with van der Waals surface area (Å²) in [7, 11) is 0. The van der Waals surface area contributed by atoms with Crippen LogP contribution >= 0.6 is 34.7 Å². The summed E-state index contributed by atoms with van der Waals surface area (Å²) in [5.41, 5.74) is 2.23. The second-order valence-corrected chi connectivity index (χ2v) is 9.92. The van der Waals surface area contributed by atoms with Gasteiger partial charge in [-0.15, -0.1) is 11.8 Å². The van der Waals surface area contributed by atoms with E-state index in [1.54, 1.807) is 23.1 Å². The molecule has 0 radical (unpaired) electrons. The van der Waals surface area contributed by atoms with Crippen LogP contribution in [-0.4, -0.2) is 35.9 Å². The van der Waals surface area contributed by atoms with Gasteiger partial charge in [-0.3, -0.25) is 9.69 Å². The number of rotatable bonds is 8. The highest BCUT2D eigenvalue weighted by Crippen LogP contribution is 2.32. The fourth-order valence-electron chi connectivity index (χ4n) is 3.60. The Kier molecular flexibility index (Phi) is 7.31. The highest BCUT2D eigenvalue weighted by Gasteiger charge is 2.26. The minimum atomic E-state index is 0.0931. The number of benzene rings is 2. The quantitative estimate of drug-likeness (QED) is 0.375. The van der Waals surface area contributed by atoms with E-state index in [0.717, 1.165) is 51.1 Å². The van der Waals surface area contributed by atoms with E-state index in [0.29, 0.717) is 18.7 Å². The number of carbonyl (C=O) groups excluding carboxylic acids is 1. The van der Waals surface area contributed by atoms with Crippen molar-refractivity contribution in [3.63, 3.8) is 0 Å². The molecule has 4 rings (SSSR count). The number of aryl methyl sites for hydroxylation is 1. The Morgan fingerprint density at radius 3 is 2.87 bits per heavy atom. The lowest BCUT2D eigenvalue weighted by atomic mass is 10.1. The molecule has 7 heteroatoms. The molecule has 2 aromatic carbocycles. The molecule has 1 saturated heterocycles. The number of halogens is 1. The lowest BCUT2D eigenvalue weighted by Crippen LogP contribution is -2.37. The summed E-state index contributed by atoms with van der Waals surface area (Å²) < 4.78 is 6.95. The van der Waals surface area contributed by atoms with E-state index in [9.17, 15) is 4.79 Å². The lowest BCUT2D eigenvalue weighted by molar-refractivity contribution is -0.118. The maximum Gasteiger partial charge on any atom is 0.229 e. The van der Waals surface area contributed by atoms with Crippen molar-refractivity contribution in [2.45, 2.75) is 43.6 Å². The number of anilines is 1. The number of amides is 1. The largest absolute Gasteiger partial charge is 0.376 e. The Bertz CT molecular complexity index is 1000. The first-order valence-electron chi connectivity index (χ1n) is 10.3. The molecule has 2 heterocycles. The van der Waals surface area contributed by atoms with Crippen LogP contribution in [0, 0.1) is 0 Å². The van der Waals surface area contributed by atoms with Gasteiger partial charge in [-0.1, -0.05) is 42.0 Å². The molecule has 158 valence electrons. The minimum Gasteiger partial charge on any atom is -0.376 e. The summed E-state index contributed by atoms with van der Waals surface area (Å²) in [5, 5.41) is 1.50. The molecule has 0 bridgehead atoms. The number of ether oxygens (including phenoxy) is 1. The van der Waals surface area contributed by atoms with Gasteiger partial charge in [0.2, 0.25) is 5.91 Å². The van der Waals surface area contributed by atoms with E-state index < -0.39 is 0 Å². The standard InChI is InChI=1S/C23H25ClN2O2S2/c1-2-16-5-3-7-20-22(16)25-23(30-20)26(15-18-6-4-13-28-18)21(27)12-14-29-19-10-8-17(24)9-11-19/h3,5,7-11,18H,2,4,6,12-15H2,1H3. The van der Waals surface area contributed by atoms with Crippen LogP contribution in [0.4, 0.5) is 5.13 Å². The molecule has 3 aromatic rings. The van der Waals surface area contributed by atoms with Gasteiger partial charge in [-0.25, -0.2) is 4.98 Å². The number of carbonyl (C=O) groups is 1. The molecular weight excluding hydrogens is 436 g/mol. The molecule has 1 atom stereocenters. The third-order valence-corrected chi connectivity index (χ3v) is 7.52. The Labute approximate surface area is 190 Å². The zero-order valence-electron chi connectivity index (χ0n) is 17.0. The van der Waals surface area contributed by atoms with Gasteiger partial charge in [-0.05, 0) is 55.2 Å². The predicted octanol–water partition coefficient (Wildman–Crippen LogP) is 6.21. The van der Waals surface area contributed by atoms with Gasteiger partial charge in [0.15, 0.2) is 5.13 Å². The lowest BCUT2D eigenvalue weighted by Gasteiger charge is -2.23. The molecule has 1 aliphatic rings. The highest BCUT2D eigenvalue weighted by atomic mass is 35.5. The van der Waals surface area contributed by atoms with Gasteiger partial charge in [-0.2, -0.15) is 0 Å². The number of thiazole rings is 1. The van der Waals surface area contributed by atoms with Crippen molar-refractivity contribution >= 4 is 56.0 Å². The van der Waals surface area contributed by atoms with E-state index in [1.807, 2.05) is 29.2 Å². The van der Waals surface area contributed by atoms with Crippen molar-refractivity contribution in [3.05, 3.63) is 53.1 Å². The van der Waals surface area contributed by atoms with Crippen LogP contribution < -0.4 is 4.90 Å². The van der Waals surface area contributed by atoms with Crippen LogP contribution in [0.3, 0.4) is 0 Å². The van der Waals surface area contributed by atoms with Crippen LogP contribution in [0.2, 0.25) is 5.02 Å². The summed E-state index contributed by atoms with van der Waals surface area (Å²) in [6.07, 6.45) is 3.53. The van der Waals surface area contributed by atoms with Gasteiger partial charge in [0, 0.05) is 28.7 Å². The minimum absolute atomic E-state index is 0.0931. The average molecular weight is 461 g/mol. The Hall–Kier alpha value is -1.60. The first-order valence-corrected chi connectivity index (χ1v) is 12.5. The monoisotopic (exact) mass is 460 g/mol. The molecule has 1 aliphatic heterocycles. The summed E-state index contributed by atoms with van der Waals surface area (Å²) in [4.78, 5) is 21.0. The predicted molar refractivity (Wildman–Crippen MR) is 127 cm³/mol. The van der Waals surface area contributed by atoms with Gasteiger partial charge in [0.05, 0.1) is 22.9 Å². The number of para-hydroxylation sites is 1. The number of hydrogen-bond acceptors (Lipinski definition) is 5.